The lowest BCUT2D eigenvalue weighted by Gasteiger charge is -2.10. The summed E-state index contributed by atoms with van der Waals surface area (Å²) in [6.07, 6.45) is 0.964. The minimum absolute atomic E-state index is 0.0577. The Bertz CT molecular complexity index is 535. The lowest BCUT2D eigenvalue weighted by Crippen LogP contribution is -2.27. The third-order valence-corrected chi connectivity index (χ3v) is 4.32. The fourth-order valence-electron chi connectivity index (χ4n) is 1.40. The van der Waals surface area contributed by atoms with E-state index in [9.17, 15) is 17.6 Å². The number of hydrogen-bond acceptors (Lipinski definition) is 3. The van der Waals surface area contributed by atoms with Gasteiger partial charge in [0.25, 0.3) is 0 Å². The number of carbonyl (C=O) groups excluding carboxylic acids is 1. The van der Waals surface area contributed by atoms with Crippen LogP contribution in [0.4, 0.5) is 4.39 Å². The predicted octanol–water partition coefficient (Wildman–Crippen LogP) is 1.68. The first-order valence-electron chi connectivity index (χ1n) is 5.18. The van der Waals surface area contributed by atoms with Crippen LogP contribution in [0.25, 0.3) is 0 Å². The zero-order valence-electron chi connectivity index (χ0n) is 10.0. The molecule has 17 heavy (non-hydrogen) atoms. The smallest absolute Gasteiger partial charge is 0.157 e. The van der Waals surface area contributed by atoms with Crippen molar-refractivity contribution < 1.29 is 17.6 Å². The Kier molecular flexibility index (Phi) is 4.03. The van der Waals surface area contributed by atoms with Crippen LogP contribution in [-0.2, 0) is 21.1 Å². The van der Waals surface area contributed by atoms with Crippen molar-refractivity contribution in [3.05, 3.63) is 35.1 Å². The van der Waals surface area contributed by atoms with E-state index in [1.54, 1.807) is 13.0 Å². The summed E-state index contributed by atoms with van der Waals surface area (Å²) in [5.74, 6) is -0.841. The Morgan fingerprint density at radius 3 is 2.53 bits per heavy atom. The van der Waals surface area contributed by atoms with Gasteiger partial charge in [-0.1, -0.05) is 6.07 Å². The first-order valence-corrected chi connectivity index (χ1v) is 7.14. The molecular formula is C12H15FO3S. The van der Waals surface area contributed by atoms with Crippen LogP contribution in [-0.4, -0.2) is 25.7 Å². The Labute approximate surface area is 101 Å². The van der Waals surface area contributed by atoms with E-state index < -0.39 is 26.7 Å². The third-order valence-electron chi connectivity index (χ3n) is 2.77. The van der Waals surface area contributed by atoms with Gasteiger partial charge in [0.05, 0.1) is 0 Å². The van der Waals surface area contributed by atoms with E-state index in [4.69, 9.17) is 0 Å². The summed E-state index contributed by atoms with van der Waals surface area (Å²) in [5.41, 5.74) is 1.31. The van der Waals surface area contributed by atoms with E-state index in [0.717, 1.165) is 11.8 Å². The molecule has 1 aromatic carbocycles. The maximum atomic E-state index is 13.0. The maximum absolute atomic E-state index is 13.0. The van der Waals surface area contributed by atoms with Crippen molar-refractivity contribution in [1.29, 1.82) is 0 Å². The standard InChI is InChI=1S/C12H15FO3S/c1-8-4-5-11(13)6-10(8)7-12(14)9(2)17(3,15)16/h4-6,9H,7H2,1-3H3. The summed E-state index contributed by atoms with van der Waals surface area (Å²) < 4.78 is 35.4. The maximum Gasteiger partial charge on any atom is 0.157 e. The molecule has 0 aliphatic rings. The number of rotatable bonds is 4. The number of halogens is 1. The molecule has 0 bridgehead atoms. The molecule has 0 fully saturated rings. The zero-order chi connectivity index (χ0) is 13.2. The van der Waals surface area contributed by atoms with Gasteiger partial charge in [-0.05, 0) is 37.1 Å². The summed E-state index contributed by atoms with van der Waals surface area (Å²) in [6.45, 7) is 3.11. The molecule has 0 saturated heterocycles. The lowest BCUT2D eigenvalue weighted by molar-refractivity contribution is -0.117. The van der Waals surface area contributed by atoms with Gasteiger partial charge in [0, 0.05) is 12.7 Å². The van der Waals surface area contributed by atoms with E-state index >= 15 is 0 Å². The normalized spacial score (nSPS) is 13.4. The molecule has 3 nitrogen and oxygen atoms in total. The van der Waals surface area contributed by atoms with Crippen LogP contribution in [0.1, 0.15) is 18.1 Å². The summed E-state index contributed by atoms with van der Waals surface area (Å²) in [4.78, 5) is 11.7. The van der Waals surface area contributed by atoms with E-state index in [1.807, 2.05) is 0 Å². The van der Waals surface area contributed by atoms with Crippen molar-refractivity contribution in [1.82, 2.24) is 0 Å². The Balaban J connectivity index is 2.92. The number of Topliss-reactive ketones (excluding diaryl/α,β-unsaturated/α-hetero) is 1. The van der Waals surface area contributed by atoms with Crippen LogP contribution >= 0.6 is 0 Å². The van der Waals surface area contributed by atoms with Crippen LogP contribution < -0.4 is 0 Å². The molecule has 1 unspecified atom stereocenters. The minimum atomic E-state index is -3.39. The highest BCUT2D eigenvalue weighted by atomic mass is 32.2. The van der Waals surface area contributed by atoms with Crippen LogP contribution in [0.5, 0.6) is 0 Å². The quantitative estimate of drug-likeness (QED) is 0.825. The number of benzene rings is 1. The summed E-state index contributed by atoms with van der Waals surface area (Å²) in [5, 5.41) is -1.05. The Morgan fingerprint density at radius 1 is 1.41 bits per heavy atom. The highest BCUT2D eigenvalue weighted by Gasteiger charge is 2.23. The van der Waals surface area contributed by atoms with Crippen LogP contribution in [0, 0.1) is 12.7 Å². The van der Waals surface area contributed by atoms with Crippen molar-refractivity contribution in [3.63, 3.8) is 0 Å². The average molecular weight is 258 g/mol. The van der Waals surface area contributed by atoms with Gasteiger partial charge in [-0.3, -0.25) is 4.79 Å². The van der Waals surface area contributed by atoms with Crippen LogP contribution in [0.3, 0.4) is 0 Å². The molecule has 0 amide bonds. The summed E-state index contributed by atoms with van der Waals surface area (Å²) >= 11 is 0. The van der Waals surface area contributed by atoms with Crippen molar-refractivity contribution in [2.75, 3.05) is 6.26 Å². The molecule has 0 spiro atoms. The summed E-state index contributed by atoms with van der Waals surface area (Å²) in [7, 11) is -3.39. The lowest BCUT2D eigenvalue weighted by atomic mass is 10.0. The molecule has 1 aromatic rings. The minimum Gasteiger partial charge on any atom is -0.298 e. The van der Waals surface area contributed by atoms with E-state index in [1.165, 1.54) is 19.1 Å². The van der Waals surface area contributed by atoms with Crippen LogP contribution in [0.15, 0.2) is 18.2 Å². The third kappa shape index (κ3) is 3.63. The van der Waals surface area contributed by atoms with Gasteiger partial charge in [-0.25, -0.2) is 12.8 Å². The monoisotopic (exact) mass is 258 g/mol. The molecular weight excluding hydrogens is 243 g/mol. The number of hydrogen-bond donors (Lipinski definition) is 0. The van der Waals surface area contributed by atoms with E-state index in [-0.39, 0.29) is 6.42 Å². The molecule has 94 valence electrons. The van der Waals surface area contributed by atoms with Gasteiger partial charge in [0.2, 0.25) is 0 Å². The largest absolute Gasteiger partial charge is 0.298 e. The molecule has 1 atom stereocenters. The molecule has 0 N–H and O–H groups in total. The molecule has 0 aromatic heterocycles. The second kappa shape index (κ2) is 4.96. The molecule has 5 heteroatoms. The fourth-order valence-corrected chi connectivity index (χ4v) is 1.96. The van der Waals surface area contributed by atoms with Gasteiger partial charge in [-0.15, -0.1) is 0 Å². The molecule has 1 rings (SSSR count). The molecule has 0 radical (unpaired) electrons. The number of sulfone groups is 1. The zero-order valence-corrected chi connectivity index (χ0v) is 10.8. The van der Waals surface area contributed by atoms with Gasteiger partial charge in [-0.2, -0.15) is 0 Å². The summed E-state index contributed by atoms with van der Waals surface area (Å²) in [6, 6.07) is 4.15. The van der Waals surface area contributed by atoms with E-state index in [2.05, 4.69) is 0 Å². The highest BCUT2D eigenvalue weighted by Crippen LogP contribution is 2.13. The van der Waals surface area contributed by atoms with Crippen LogP contribution in [0.2, 0.25) is 0 Å². The topological polar surface area (TPSA) is 51.2 Å². The van der Waals surface area contributed by atoms with Gasteiger partial charge < -0.3 is 0 Å². The van der Waals surface area contributed by atoms with Gasteiger partial charge >= 0.3 is 0 Å². The van der Waals surface area contributed by atoms with Crippen molar-refractivity contribution in [2.24, 2.45) is 0 Å². The number of carbonyl (C=O) groups is 1. The van der Waals surface area contributed by atoms with Crippen molar-refractivity contribution >= 4 is 15.6 Å². The number of ketones is 1. The van der Waals surface area contributed by atoms with Gasteiger partial charge in [0.1, 0.15) is 11.1 Å². The average Bonchev–Trinajstić information content (AvgIpc) is 2.21. The highest BCUT2D eigenvalue weighted by molar-refractivity contribution is 7.92. The Hall–Kier alpha value is -1.23. The molecule has 0 aliphatic heterocycles. The second-order valence-corrected chi connectivity index (χ2v) is 6.55. The molecule has 0 saturated carbocycles. The molecule has 0 aliphatic carbocycles. The number of aryl methyl sites for hydroxylation is 1. The first-order chi connectivity index (χ1) is 7.71. The second-order valence-electron chi connectivity index (χ2n) is 4.19. The predicted molar refractivity (Wildman–Crippen MR) is 64.2 cm³/mol. The fraction of sp³-hybridized carbons (Fsp3) is 0.417. The Morgan fingerprint density at radius 2 is 2.00 bits per heavy atom. The first kappa shape index (κ1) is 13.8. The van der Waals surface area contributed by atoms with E-state index in [0.29, 0.717) is 5.56 Å². The van der Waals surface area contributed by atoms with Crippen molar-refractivity contribution in [3.8, 4) is 0 Å². The molecule has 0 heterocycles. The van der Waals surface area contributed by atoms with Gasteiger partial charge in [0.15, 0.2) is 15.6 Å². The SMILES string of the molecule is Cc1ccc(F)cc1CC(=O)C(C)S(C)(=O)=O. The van der Waals surface area contributed by atoms with Crippen molar-refractivity contribution in [2.45, 2.75) is 25.5 Å².